The van der Waals surface area contributed by atoms with Crippen molar-refractivity contribution in [2.24, 2.45) is 0 Å². The number of hydrogen-bond donors (Lipinski definition) is 2. The minimum atomic E-state index is -4.88. The molecule has 1 fully saturated rings. The summed E-state index contributed by atoms with van der Waals surface area (Å²) in [6.07, 6.45) is -8.78. The van der Waals surface area contributed by atoms with Crippen LogP contribution < -0.4 is 10.4 Å². The van der Waals surface area contributed by atoms with Crippen LogP contribution in [0.3, 0.4) is 0 Å². The van der Waals surface area contributed by atoms with Crippen molar-refractivity contribution in [1.29, 1.82) is 0 Å². The fraction of sp³-hybridized carbons (Fsp3) is 0.467. The summed E-state index contributed by atoms with van der Waals surface area (Å²) in [5.74, 6) is 0. The Labute approximate surface area is 147 Å². The number of anilines is 1. The van der Waals surface area contributed by atoms with E-state index in [1.54, 1.807) is 27.7 Å². The summed E-state index contributed by atoms with van der Waals surface area (Å²) in [4.78, 5) is 22.4. The average molecular weight is 375 g/mol. The smallest absolute Gasteiger partial charge is 0.464 e. The van der Waals surface area contributed by atoms with E-state index in [9.17, 15) is 22.8 Å². The van der Waals surface area contributed by atoms with E-state index in [0.717, 1.165) is 12.1 Å². The molecule has 1 saturated heterocycles. The van der Waals surface area contributed by atoms with Crippen LogP contribution >= 0.6 is 0 Å². The van der Waals surface area contributed by atoms with Crippen LogP contribution in [0, 0.1) is 0 Å². The van der Waals surface area contributed by atoms with Crippen molar-refractivity contribution in [1.82, 2.24) is 0 Å². The number of carbonyl (C=O) groups is 2. The molecule has 26 heavy (non-hydrogen) atoms. The van der Waals surface area contributed by atoms with Gasteiger partial charge < -0.3 is 19.5 Å². The predicted octanol–water partition coefficient (Wildman–Crippen LogP) is 3.17. The van der Waals surface area contributed by atoms with Crippen LogP contribution in [0.4, 0.5) is 28.4 Å². The van der Waals surface area contributed by atoms with Gasteiger partial charge in [-0.15, -0.1) is 0 Å². The fourth-order valence-corrected chi connectivity index (χ4v) is 2.49. The summed E-state index contributed by atoms with van der Waals surface area (Å²) in [5, 5.41) is 18.3. The van der Waals surface area contributed by atoms with Gasteiger partial charge in [0, 0.05) is 5.46 Å². The van der Waals surface area contributed by atoms with Gasteiger partial charge in [-0.3, -0.25) is 0 Å². The zero-order chi connectivity index (χ0) is 20.1. The molecule has 0 aromatic heterocycles. The quantitative estimate of drug-likeness (QED) is 0.771. The van der Waals surface area contributed by atoms with Crippen LogP contribution in [0.2, 0.25) is 0 Å². The maximum absolute atomic E-state index is 13.5. The van der Waals surface area contributed by atoms with Crippen LogP contribution in [0.25, 0.3) is 0 Å². The van der Waals surface area contributed by atoms with Crippen LogP contribution in [-0.2, 0) is 15.5 Å². The number of hydrogen-bond acceptors (Lipinski definition) is 4. The van der Waals surface area contributed by atoms with Gasteiger partial charge in [0.1, 0.15) is 0 Å². The lowest BCUT2D eigenvalue weighted by Gasteiger charge is -2.32. The Morgan fingerprint density at radius 2 is 1.50 bits per heavy atom. The first-order valence-corrected chi connectivity index (χ1v) is 7.51. The van der Waals surface area contributed by atoms with E-state index in [2.05, 4.69) is 0 Å². The topological polar surface area (TPSA) is 96.3 Å². The Kier molecular flexibility index (Phi) is 4.76. The first-order chi connectivity index (χ1) is 11.7. The van der Waals surface area contributed by atoms with E-state index < -0.39 is 53.4 Å². The molecule has 0 radical (unpaired) electrons. The van der Waals surface area contributed by atoms with Gasteiger partial charge in [0.15, 0.2) is 0 Å². The van der Waals surface area contributed by atoms with Gasteiger partial charge in [-0.05, 0) is 33.8 Å². The van der Waals surface area contributed by atoms with Crippen LogP contribution in [-0.4, -0.2) is 40.7 Å². The van der Waals surface area contributed by atoms with E-state index in [1.165, 1.54) is 0 Å². The number of alkyl halides is 3. The van der Waals surface area contributed by atoms with Crippen molar-refractivity contribution in [3.63, 3.8) is 0 Å². The van der Waals surface area contributed by atoms with Gasteiger partial charge in [0.05, 0.1) is 22.5 Å². The predicted molar refractivity (Wildman–Crippen MR) is 85.7 cm³/mol. The van der Waals surface area contributed by atoms with Gasteiger partial charge in [-0.2, -0.15) is 18.1 Å². The number of nitrogens with zero attached hydrogens (tertiary/aromatic N) is 1. The molecule has 1 heterocycles. The molecule has 0 aliphatic carbocycles. The third-order valence-corrected chi connectivity index (χ3v) is 4.50. The van der Waals surface area contributed by atoms with Gasteiger partial charge in [-0.25, -0.2) is 9.59 Å². The van der Waals surface area contributed by atoms with E-state index in [-0.39, 0.29) is 4.90 Å². The molecule has 0 spiro atoms. The molecule has 1 aromatic carbocycles. The Hall–Kier alpha value is -2.27. The summed E-state index contributed by atoms with van der Waals surface area (Å²) in [5.41, 5.74) is -4.65. The largest absolute Gasteiger partial charge is 0.497 e. The number of imide groups is 1. The molecule has 7 nitrogen and oxygen atoms in total. The van der Waals surface area contributed by atoms with Crippen molar-refractivity contribution in [2.75, 3.05) is 4.90 Å². The molecule has 2 rings (SSSR count). The molecule has 2 amide bonds. The van der Waals surface area contributed by atoms with Gasteiger partial charge >= 0.3 is 25.5 Å². The lowest BCUT2D eigenvalue weighted by atomic mass is 9.74. The molecule has 2 N–H and O–H groups in total. The molecule has 0 unspecified atom stereocenters. The number of amides is 2. The molecule has 0 atom stereocenters. The third-order valence-electron chi connectivity index (χ3n) is 4.50. The highest BCUT2D eigenvalue weighted by Crippen LogP contribution is 2.39. The molecular formula is C15H17BF3NO6. The number of carboxylic acid groups (broad SMARTS) is 2. The number of rotatable bonds is 2. The Morgan fingerprint density at radius 3 is 1.88 bits per heavy atom. The van der Waals surface area contributed by atoms with Crippen molar-refractivity contribution in [2.45, 2.75) is 45.1 Å². The van der Waals surface area contributed by atoms with E-state index in [0.29, 0.717) is 6.07 Å². The minimum Gasteiger partial charge on any atom is -0.464 e. The average Bonchev–Trinajstić information content (AvgIpc) is 2.65. The molecule has 142 valence electrons. The molecule has 0 bridgehead atoms. The van der Waals surface area contributed by atoms with Crippen molar-refractivity contribution < 1.29 is 42.3 Å². The maximum Gasteiger partial charge on any atom is 0.497 e. The molecule has 1 aromatic rings. The normalized spacial score (nSPS) is 18.7. The summed E-state index contributed by atoms with van der Waals surface area (Å²) in [6.45, 7) is 6.42. The van der Waals surface area contributed by atoms with Crippen LogP contribution in [0.15, 0.2) is 18.2 Å². The first-order valence-electron chi connectivity index (χ1n) is 7.51. The van der Waals surface area contributed by atoms with Gasteiger partial charge in [0.2, 0.25) is 0 Å². The Morgan fingerprint density at radius 1 is 1.04 bits per heavy atom. The van der Waals surface area contributed by atoms with Gasteiger partial charge in [-0.1, -0.05) is 12.1 Å². The third kappa shape index (κ3) is 3.36. The fourth-order valence-electron chi connectivity index (χ4n) is 2.49. The summed E-state index contributed by atoms with van der Waals surface area (Å²) in [6, 6.07) is 2.59. The lowest BCUT2D eigenvalue weighted by Crippen LogP contribution is -2.46. The first kappa shape index (κ1) is 20.1. The second kappa shape index (κ2) is 6.17. The zero-order valence-electron chi connectivity index (χ0n) is 14.4. The van der Waals surface area contributed by atoms with Crippen molar-refractivity contribution in [3.05, 3.63) is 23.8 Å². The van der Waals surface area contributed by atoms with Gasteiger partial charge in [0.25, 0.3) is 0 Å². The minimum absolute atomic E-state index is 0.199. The summed E-state index contributed by atoms with van der Waals surface area (Å²) >= 11 is 0. The van der Waals surface area contributed by atoms with Crippen molar-refractivity contribution >= 4 is 30.5 Å². The van der Waals surface area contributed by atoms with E-state index in [1.807, 2.05) is 0 Å². The Balaban J connectivity index is 2.73. The number of benzene rings is 1. The maximum atomic E-state index is 13.5. The standard InChI is InChI=1S/C15H17BF3NO6/c1-13(2)14(3,4)26-16(25-13)10-8(15(17,18)19)6-5-7-9(10)20(11(21)22)12(23)24/h5-7H,1-4H3,(H,21,22)(H,23,24). The van der Waals surface area contributed by atoms with Crippen molar-refractivity contribution in [3.8, 4) is 0 Å². The second-order valence-corrected chi connectivity index (χ2v) is 6.72. The molecule has 1 aliphatic rings. The molecule has 0 saturated carbocycles. The molecule has 1 aliphatic heterocycles. The summed E-state index contributed by atoms with van der Waals surface area (Å²) < 4.78 is 51.7. The molecular weight excluding hydrogens is 358 g/mol. The SMILES string of the molecule is CC1(C)OB(c2c(N(C(=O)O)C(=O)O)cccc2C(F)(F)F)OC1(C)C. The lowest BCUT2D eigenvalue weighted by molar-refractivity contribution is -0.136. The van der Waals surface area contributed by atoms with Crippen LogP contribution in [0.1, 0.15) is 33.3 Å². The second-order valence-electron chi connectivity index (χ2n) is 6.72. The highest BCUT2D eigenvalue weighted by molar-refractivity contribution is 6.65. The monoisotopic (exact) mass is 375 g/mol. The van der Waals surface area contributed by atoms with E-state index >= 15 is 0 Å². The molecule has 11 heteroatoms. The zero-order valence-corrected chi connectivity index (χ0v) is 14.4. The van der Waals surface area contributed by atoms with Crippen LogP contribution in [0.5, 0.6) is 0 Å². The number of halogens is 3. The summed E-state index contributed by atoms with van der Waals surface area (Å²) in [7, 11) is -1.60. The highest BCUT2D eigenvalue weighted by atomic mass is 19.4. The highest BCUT2D eigenvalue weighted by Gasteiger charge is 2.55. The Bertz CT molecular complexity index is 719. The van der Waals surface area contributed by atoms with E-state index in [4.69, 9.17) is 19.5 Å².